The predicted octanol–water partition coefficient (Wildman–Crippen LogP) is 4.10. The summed E-state index contributed by atoms with van der Waals surface area (Å²) in [6.07, 6.45) is 0. The van der Waals surface area contributed by atoms with Crippen LogP contribution < -0.4 is 25.4 Å². The molecule has 0 fully saturated rings. The molecule has 1 aliphatic rings. The maximum absolute atomic E-state index is 13.2. The monoisotopic (exact) mass is 431 g/mol. The smallest absolute Gasteiger partial charge is 0.255 e. The van der Waals surface area contributed by atoms with E-state index in [0.717, 1.165) is 11.1 Å². The lowest BCUT2D eigenvalue weighted by Crippen LogP contribution is -2.45. The Hall–Kier alpha value is -2.77. The van der Waals surface area contributed by atoms with Gasteiger partial charge in [0.1, 0.15) is 0 Å². The predicted molar refractivity (Wildman–Crippen MR) is 119 cm³/mol. The zero-order valence-electron chi connectivity index (χ0n) is 16.6. The topological polar surface area (TPSA) is 71.6 Å². The molecule has 1 amide bonds. The number of hydrogen-bond acceptors (Lipinski definition) is 4. The highest BCUT2D eigenvalue weighted by atomic mass is 35.5. The molecule has 0 bridgehead atoms. The van der Waals surface area contributed by atoms with Crippen LogP contribution in [0.4, 0.5) is 5.69 Å². The summed E-state index contributed by atoms with van der Waals surface area (Å²) >= 11 is 11.5. The van der Waals surface area contributed by atoms with E-state index in [1.54, 1.807) is 26.4 Å². The molecule has 0 aliphatic carbocycles. The van der Waals surface area contributed by atoms with E-state index in [0.29, 0.717) is 38.6 Å². The summed E-state index contributed by atoms with van der Waals surface area (Å²) in [6, 6.07) is 10.4. The molecule has 8 heteroatoms. The first-order valence-electron chi connectivity index (χ1n) is 8.91. The lowest BCUT2D eigenvalue weighted by Gasteiger charge is -2.30. The van der Waals surface area contributed by atoms with Crippen LogP contribution in [-0.4, -0.2) is 25.2 Å². The van der Waals surface area contributed by atoms with Crippen LogP contribution in [0.2, 0.25) is 5.02 Å². The number of ether oxygens (including phenoxy) is 2. The van der Waals surface area contributed by atoms with Crippen LogP contribution in [0, 0.1) is 6.92 Å². The number of halogens is 1. The van der Waals surface area contributed by atoms with E-state index in [2.05, 4.69) is 16.0 Å². The van der Waals surface area contributed by atoms with E-state index in [9.17, 15) is 4.79 Å². The van der Waals surface area contributed by atoms with Gasteiger partial charge in [-0.1, -0.05) is 23.7 Å². The van der Waals surface area contributed by atoms with Gasteiger partial charge in [0.15, 0.2) is 16.6 Å². The van der Waals surface area contributed by atoms with Crippen LogP contribution in [-0.2, 0) is 4.79 Å². The van der Waals surface area contributed by atoms with Crippen LogP contribution in [0.3, 0.4) is 0 Å². The van der Waals surface area contributed by atoms with Crippen molar-refractivity contribution >= 4 is 40.5 Å². The molecule has 152 valence electrons. The number of thiocarbonyl (C=S) groups is 1. The molecule has 6 nitrogen and oxygen atoms in total. The highest BCUT2D eigenvalue weighted by Gasteiger charge is 2.30. The van der Waals surface area contributed by atoms with Crippen molar-refractivity contribution in [3.05, 3.63) is 63.8 Å². The quantitative estimate of drug-likeness (QED) is 0.619. The molecule has 0 spiro atoms. The third kappa shape index (κ3) is 4.46. The van der Waals surface area contributed by atoms with Gasteiger partial charge >= 0.3 is 0 Å². The average Bonchev–Trinajstić information content (AvgIpc) is 2.69. The van der Waals surface area contributed by atoms with Gasteiger partial charge in [-0.3, -0.25) is 4.79 Å². The van der Waals surface area contributed by atoms with Crippen LogP contribution in [0.1, 0.15) is 24.1 Å². The average molecular weight is 432 g/mol. The van der Waals surface area contributed by atoms with E-state index in [4.69, 9.17) is 33.3 Å². The summed E-state index contributed by atoms with van der Waals surface area (Å²) in [5, 5.41) is 10.1. The summed E-state index contributed by atoms with van der Waals surface area (Å²) in [4.78, 5) is 13.2. The number of hydrogen-bond donors (Lipinski definition) is 3. The number of nitrogens with one attached hydrogen (secondary N) is 3. The molecule has 0 aromatic heterocycles. The fraction of sp³-hybridized carbons (Fsp3) is 0.238. The van der Waals surface area contributed by atoms with Gasteiger partial charge in [0.25, 0.3) is 5.91 Å². The van der Waals surface area contributed by atoms with Gasteiger partial charge in [-0.25, -0.2) is 0 Å². The van der Waals surface area contributed by atoms with E-state index in [-0.39, 0.29) is 5.91 Å². The number of carbonyl (C=O) groups is 1. The van der Waals surface area contributed by atoms with Crippen molar-refractivity contribution in [2.45, 2.75) is 19.9 Å². The Morgan fingerprint density at radius 2 is 1.83 bits per heavy atom. The number of allylic oxidation sites excluding steroid dienone is 1. The molecule has 0 saturated heterocycles. The lowest BCUT2D eigenvalue weighted by molar-refractivity contribution is -0.113. The van der Waals surface area contributed by atoms with Crippen molar-refractivity contribution in [2.75, 3.05) is 19.5 Å². The largest absolute Gasteiger partial charge is 0.493 e. The molecule has 3 N–H and O–H groups in total. The maximum Gasteiger partial charge on any atom is 0.255 e. The number of aryl methyl sites for hydroxylation is 1. The van der Waals surface area contributed by atoms with Crippen molar-refractivity contribution in [3.63, 3.8) is 0 Å². The summed E-state index contributed by atoms with van der Waals surface area (Å²) in [5.41, 5.74) is 3.56. The third-order valence-corrected chi connectivity index (χ3v) is 5.31. The second kappa shape index (κ2) is 8.71. The first-order chi connectivity index (χ1) is 13.8. The molecule has 3 rings (SSSR count). The highest BCUT2D eigenvalue weighted by Crippen LogP contribution is 2.34. The number of carbonyl (C=O) groups excluding carboxylic acids is 1. The minimum absolute atomic E-state index is 0.260. The number of anilines is 1. The van der Waals surface area contributed by atoms with Crippen LogP contribution in [0.5, 0.6) is 11.5 Å². The highest BCUT2D eigenvalue weighted by molar-refractivity contribution is 7.80. The molecule has 2 aromatic carbocycles. The summed E-state index contributed by atoms with van der Waals surface area (Å²) < 4.78 is 10.7. The molecule has 1 atom stereocenters. The van der Waals surface area contributed by atoms with E-state index < -0.39 is 6.04 Å². The van der Waals surface area contributed by atoms with Gasteiger partial charge in [0, 0.05) is 16.4 Å². The van der Waals surface area contributed by atoms with Crippen LogP contribution >= 0.6 is 23.8 Å². The summed E-state index contributed by atoms with van der Waals surface area (Å²) in [7, 11) is 3.14. The van der Waals surface area contributed by atoms with Crippen LogP contribution in [0.25, 0.3) is 0 Å². The molecule has 1 heterocycles. The molecule has 29 heavy (non-hydrogen) atoms. The van der Waals surface area contributed by atoms with Gasteiger partial charge in [-0.15, -0.1) is 0 Å². The Balaban J connectivity index is 1.97. The number of benzene rings is 2. The second-order valence-electron chi connectivity index (χ2n) is 6.60. The van der Waals surface area contributed by atoms with Crippen LogP contribution in [0.15, 0.2) is 47.7 Å². The Morgan fingerprint density at radius 3 is 2.48 bits per heavy atom. The van der Waals surface area contributed by atoms with E-state index >= 15 is 0 Å². The fourth-order valence-electron chi connectivity index (χ4n) is 3.15. The molecule has 0 unspecified atom stereocenters. The first kappa shape index (κ1) is 21.0. The number of methoxy groups -OCH3 is 2. The third-order valence-electron chi connectivity index (χ3n) is 4.68. The first-order valence-corrected chi connectivity index (χ1v) is 9.70. The molecule has 0 saturated carbocycles. The Morgan fingerprint density at radius 1 is 1.10 bits per heavy atom. The van der Waals surface area contributed by atoms with Crippen molar-refractivity contribution in [3.8, 4) is 11.5 Å². The van der Waals surface area contributed by atoms with Gasteiger partial charge in [-0.05, 0) is 61.5 Å². The maximum atomic E-state index is 13.2. The van der Waals surface area contributed by atoms with E-state index in [1.165, 1.54) is 0 Å². The molecular formula is C21H22ClN3O3S. The Kier molecular flexibility index (Phi) is 6.30. The molecular weight excluding hydrogens is 410 g/mol. The van der Waals surface area contributed by atoms with Gasteiger partial charge in [-0.2, -0.15) is 0 Å². The standard InChI is InChI=1S/C21H22ClN3O3S/c1-11-5-7-14(10-15(11)22)24-20(26)18-12(2)23-21(29)25-19(18)13-6-8-16(27-3)17(9-13)28-4/h5-10,19H,1-4H3,(H,24,26)(H2,23,25,29)/t19-/m0/s1. The lowest BCUT2D eigenvalue weighted by atomic mass is 9.94. The van der Waals surface area contributed by atoms with E-state index in [1.807, 2.05) is 38.1 Å². The Bertz CT molecular complexity index is 1010. The minimum atomic E-state index is -0.454. The summed E-state index contributed by atoms with van der Waals surface area (Å²) in [5.74, 6) is 0.914. The van der Waals surface area contributed by atoms with Crippen molar-refractivity contribution in [1.29, 1.82) is 0 Å². The molecule has 1 aliphatic heterocycles. The van der Waals surface area contributed by atoms with Gasteiger partial charge < -0.3 is 25.4 Å². The number of amides is 1. The second-order valence-corrected chi connectivity index (χ2v) is 7.42. The molecule has 2 aromatic rings. The van der Waals surface area contributed by atoms with Gasteiger partial charge in [0.05, 0.1) is 25.8 Å². The minimum Gasteiger partial charge on any atom is -0.493 e. The normalized spacial score (nSPS) is 16.0. The summed E-state index contributed by atoms with van der Waals surface area (Å²) in [6.45, 7) is 3.72. The van der Waals surface area contributed by atoms with Crippen molar-refractivity contribution in [2.24, 2.45) is 0 Å². The van der Waals surface area contributed by atoms with Gasteiger partial charge in [0.2, 0.25) is 0 Å². The zero-order valence-corrected chi connectivity index (χ0v) is 18.1. The number of rotatable bonds is 5. The van der Waals surface area contributed by atoms with Crippen molar-refractivity contribution in [1.82, 2.24) is 10.6 Å². The van der Waals surface area contributed by atoms with Crippen molar-refractivity contribution < 1.29 is 14.3 Å². The SMILES string of the molecule is COc1ccc([C@@H]2NC(=S)NC(C)=C2C(=O)Nc2ccc(C)c(Cl)c2)cc1OC. The fourth-order valence-corrected chi connectivity index (χ4v) is 3.60. The zero-order chi connectivity index (χ0) is 21.1. The molecule has 0 radical (unpaired) electrons. The Labute approximate surface area is 180 Å².